The molecule has 2 aromatic carbocycles. The lowest BCUT2D eigenvalue weighted by molar-refractivity contribution is -0.130. The third kappa shape index (κ3) is 5.20. The Balaban J connectivity index is 1.49. The first-order chi connectivity index (χ1) is 18.0. The minimum absolute atomic E-state index is 0.00242. The summed E-state index contributed by atoms with van der Waals surface area (Å²) in [5, 5.41) is 3.95. The molecule has 1 saturated carbocycles. The van der Waals surface area contributed by atoms with Gasteiger partial charge < -0.3 is 20.7 Å². The molecule has 2 aliphatic rings. The van der Waals surface area contributed by atoms with Crippen LogP contribution in [0.1, 0.15) is 42.4 Å². The van der Waals surface area contributed by atoms with Gasteiger partial charge in [0, 0.05) is 54.1 Å². The first kappa shape index (κ1) is 25.2. The molecule has 7 nitrogen and oxygen atoms in total. The second-order valence-corrected chi connectivity index (χ2v) is 10.1. The van der Waals surface area contributed by atoms with Crippen LogP contribution in [0.3, 0.4) is 0 Å². The highest BCUT2D eigenvalue weighted by atomic mass is 35.5. The number of fused-ring (bicyclic) bond motifs is 1. The smallest absolute Gasteiger partial charge is 0.252 e. The summed E-state index contributed by atoms with van der Waals surface area (Å²) in [5.74, 6) is 0.961. The molecular weight excluding hydrogens is 486 g/mol. The second-order valence-electron chi connectivity index (χ2n) is 9.71. The van der Waals surface area contributed by atoms with Crippen molar-refractivity contribution in [1.82, 2.24) is 20.2 Å². The number of amides is 1. The number of nitrogens with two attached hydrogens (primary N) is 1. The van der Waals surface area contributed by atoms with Gasteiger partial charge in [0.25, 0.3) is 5.91 Å². The maximum absolute atomic E-state index is 14.2. The third-order valence-electron chi connectivity index (χ3n) is 7.58. The summed E-state index contributed by atoms with van der Waals surface area (Å²) in [4.78, 5) is 24.4. The van der Waals surface area contributed by atoms with Crippen molar-refractivity contribution in [3.63, 3.8) is 0 Å². The largest absolute Gasteiger partial charge is 0.496 e. The summed E-state index contributed by atoms with van der Waals surface area (Å²) in [7, 11) is 3.66. The van der Waals surface area contributed by atoms with E-state index in [0.29, 0.717) is 29.6 Å². The van der Waals surface area contributed by atoms with Crippen molar-refractivity contribution in [2.75, 3.05) is 19.9 Å². The van der Waals surface area contributed by atoms with E-state index in [0.717, 1.165) is 59.3 Å². The Kier molecular flexibility index (Phi) is 7.44. The molecule has 1 aromatic heterocycles. The number of nitrogens with one attached hydrogen (secondary N) is 1. The van der Waals surface area contributed by atoms with Crippen molar-refractivity contribution in [1.29, 1.82) is 0 Å². The summed E-state index contributed by atoms with van der Waals surface area (Å²) in [5.41, 5.74) is 11.1. The lowest BCUT2D eigenvalue weighted by Gasteiger charge is -2.37. The van der Waals surface area contributed by atoms with Crippen molar-refractivity contribution in [3.8, 4) is 16.9 Å². The number of ether oxygens (including phenoxy) is 1. The topological polar surface area (TPSA) is 93.4 Å². The monoisotopic (exact) mass is 517 g/mol. The zero-order valence-corrected chi connectivity index (χ0v) is 22.0. The fraction of sp³-hybridized carbons (Fsp3) is 0.345. The Morgan fingerprint density at radius 3 is 2.51 bits per heavy atom. The number of carbonyl (C=O) groups is 1. The fourth-order valence-corrected chi connectivity index (χ4v) is 5.79. The Labute approximate surface area is 222 Å². The van der Waals surface area contributed by atoms with Gasteiger partial charge in [-0.1, -0.05) is 41.9 Å². The first-order valence-corrected chi connectivity index (χ1v) is 13.1. The summed E-state index contributed by atoms with van der Waals surface area (Å²) in [6.45, 7) is 0.421. The Morgan fingerprint density at radius 1 is 1.11 bits per heavy atom. The van der Waals surface area contributed by atoms with Crippen LogP contribution < -0.4 is 15.8 Å². The summed E-state index contributed by atoms with van der Waals surface area (Å²) in [6.07, 6.45) is 7.88. The van der Waals surface area contributed by atoms with Gasteiger partial charge in [0.2, 0.25) is 5.95 Å². The van der Waals surface area contributed by atoms with E-state index < -0.39 is 0 Å². The van der Waals surface area contributed by atoms with Crippen LogP contribution in [0.5, 0.6) is 5.75 Å². The van der Waals surface area contributed by atoms with Crippen LogP contribution in [-0.2, 0) is 17.8 Å². The van der Waals surface area contributed by atoms with Crippen LogP contribution >= 0.6 is 11.6 Å². The number of aromatic nitrogens is 2. The van der Waals surface area contributed by atoms with Crippen LogP contribution in [0.2, 0.25) is 0 Å². The zero-order chi connectivity index (χ0) is 25.9. The molecule has 0 radical (unpaired) electrons. The van der Waals surface area contributed by atoms with Crippen molar-refractivity contribution in [3.05, 3.63) is 77.1 Å². The molecule has 0 spiro atoms. The Hall–Kier alpha value is -3.42. The quantitative estimate of drug-likeness (QED) is 0.467. The predicted molar refractivity (Wildman–Crippen MR) is 147 cm³/mol. The lowest BCUT2D eigenvalue weighted by atomic mass is 9.89. The van der Waals surface area contributed by atoms with Gasteiger partial charge in [-0.25, -0.2) is 9.97 Å². The molecule has 8 heteroatoms. The Morgan fingerprint density at radius 2 is 1.84 bits per heavy atom. The van der Waals surface area contributed by atoms with Crippen LogP contribution in [0.15, 0.2) is 60.4 Å². The maximum Gasteiger partial charge on any atom is 0.252 e. The first-order valence-electron chi connectivity index (χ1n) is 12.7. The number of anilines is 1. The van der Waals surface area contributed by atoms with Crippen molar-refractivity contribution < 1.29 is 9.53 Å². The number of nitrogens with zero attached hydrogens (tertiary/aromatic N) is 3. The molecule has 0 bridgehead atoms. The molecule has 3 N–H and O–H groups in total. The van der Waals surface area contributed by atoms with Gasteiger partial charge in [-0.2, -0.15) is 0 Å². The number of carbonyl (C=O) groups excluding carboxylic acids is 1. The molecule has 0 atom stereocenters. The van der Waals surface area contributed by atoms with Crippen LogP contribution in [0.4, 0.5) is 5.95 Å². The highest BCUT2D eigenvalue weighted by Crippen LogP contribution is 2.38. The zero-order valence-electron chi connectivity index (χ0n) is 21.2. The standard InChI is InChI=1S/C29H32ClN5O2/c1-32-22-8-10-23(11-9-22)35(28(36)25-14-19-5-3-4-6-24(19)27(25)30)17-20-13-18(7-12-26(20)37-2)21-15-33-29(31)34-16-21/h3-7,12-13,15-16,22-23,32H,8-11,14,17H2,1-2H3,(H2,31,33,34)/t22-,23+. The molecule has 1 amide bonds. The van der Waals surface area contributed by atoms with Gasteiger partial charge in [0.05, 0.1) is 12.1 Å². The number of nitrogen functional groups attached to an aromatic ring is 1. The minimum Gasteiger partial charge on any atom is -0.496 e. The van der Waals surface area contributed by atoms with Crippen molar-refractivity contribution in [2.24, 2.45) is 0 Å². The second kappa shape index (κ2) is 10.9. The average Bonchev–Trinajstić information content (AvgIpc) is 3.28. The molecule has 1 fully saturated rings. The lowest BCUT2D eigenvalue weighted by Crippen LogP contribution is -2.45. The maximum atomic E-state index is 14.2. The van der Waals surface area contributed by atoms with E-state index in [9.17, 15) is 4.79 Å². The van der Waals surface area contributed by atoms with Gasteiger partial charge in [-0.15, -0.1) is 0 Å². The fourth-order valence-electron chi connectivity index (χ4n) is 5.46. The molecule has 0 aliphatic heterocycles. The van der Waals surface area contributed by atoms with Crippen LogP contribution in [-0.4, -0.2) is 47.0 Å². The average molecular weight is 518 g/mol. The van der Waals surface area contributed by atoms with Crippen LogP contribution in [0.25, 0.3) is 16.2 Å². The van der Waals surface area contributed by atoms with Gasteiger partial charge in [-0.05, 0) is 61.6 Å². The highest BCUT2D eigenvalue weighted by Gasteiger charge is 2.34. The highest BCUT2D eigenvalue weighted by molar-refractivity contribution is 6.51. The molecule has 2 aliphatic carbocycles. The minimum atomic E-state index is -0.00242. The van der Waals surface area contributed by atoms with Gasteiger partial charge in [0.15, 0.2) is 0 Å². The van der Waals surface area contributed by atoms with E-state index in [2.05, 4.69) is 15.3 Å². The van der Waals surface area contributed by atoms with E-state index in [1.165, 1.54) is 0 Å². The molecule has 0 saturated heterocycles. The molecule has 37 heavy (non-hydrogen) atoms. The molecule has 3 aromatic rings. The number of rotatable bonds is 7. The van der Waals surface area contributed by atoms with Crippen LogP contribution in [0, 0.1) is 0 Å². The molecule has 5 rings (SSSR count). The van der Waals surface area contributed by atoms with Gasteiger partial charge in [-0.3, -0.25) is 4.79 Å². The Bertz CT molecular complexity index is 1320. The van der Waals surface area contributed by atoms with E-state index in [4.69, 9.17) is 22.1 Å². The number of hydrogen-bond donors (Lipinski definition) is 2. The molecule has 1 heterocycles. The summed E-state index contributed by atoms with van der Waals surface area (Å²) >= 11 is 6.79. The van der Waals surface area contributed by atoms with Gasteiger partial charge in [0.1, 0.15) is 5.75 Å². The normalized spacial score (nSPS) is 19.0. The SMILES string of the molecule is CN[C@H]1CC[C@@H](N(Cc2cc(-c3cnc(N)nc3)ccc2OC)C(=O)C2=C(Cl)c3ccccc3C2)CC1. The van der Waals surface area contributed by atoms with E-state index >= 15 is 0 Å². The third-order valence-corrected chi connectivity index (χ3v) is 8.01. The van der Waals surface area contributed by atoms with Crippen molar-refractivity contribution >= 4 is 28.5 Å². The number of hydrogen-bond acceptors (Lipinski definition) is 6. The predicted octanol–water partition coefficient (Wildman–Crippen LogP) is 4.80. The number of methoxy groups -OCH3 is 1. The molecule has 192 valence electrons. The number of halogens is 1. The van der Waals surface area contributed by atoms with E-state index in [-0.39, 0.29) is 17.9 Å². The summed E-state index contributed by atoms with van der Waals surface area (Å²) < 4.78 is 5.72. The van der Waals surface area contributed by atoms with E-state index in [1.807, 2.05) is 54.4 Å². The van der Waals surface area contributed by atoms with Crippen molar-refractivity contribution in [2.45, 2.75) is 50.7 Å². The molecular formula is C29H32ClN5O2. The number of benzene rings is 2. The van der Waals surface area contributed by atoms with Gasteiger partial charge >= 0.3 is 0 Å². The van der Waals surface area contributed by atoms with E-state index in [1.54, 1.807) is 19.5 Å². The molecule has 0 unspecified atom stereocenters. The summed E-state index contributed by atoms with van der Waals surface area (Å²) in [6, 6.07) is 14.5.